The molecule has 0 amide bonds. The molecule has 1 aliphatic rings. The zero-order valence-electron chi connectivity index (χ0n) is 9.75. The lowest BCUT2D eigenvalue weighted by atomic mass is 10.1. The molecule has 3 heteroatoms. The first-order chi connectivity index (χ1) is 7.72. The van der Waals surface area contributed by atoms with Crippen molar-refractivity contribution >= 4 is 17.3 Å². The van der Waals surface area contributed by atoms with Crippen molar-refractivity contribution in [1.82, 2.24) is 0 Å². The van der Waals surface area contributed by atoms with Crippen LogP contribution in [0.5, 0.6) is 0 Å². The van der Waals surface area contributed by atoms with E-state index in [9.17, 15) is 0 Å². The summed E-state index contributed by atoms with van der Waals surface area (Å²) >= 11 is 6.17. The van der Waals surface area contributed by atoms with E-state index in [0.29, 0.717) is 12.6 Å². The van der Waals surface area contributed by atoms with Gasteiger partial charge in [-0.3, -0.25) is 0 Å². The molecule has 1 saturated carbocycles. The Labute approximate surface area is 102 Å². The Kier molecular flexibility index (Phi) is 3.72. The van der Waals surface area contributed by atoms with Crippen LogP contribution >= 0.6 is 11.6 Å². The van der Waals surface area contributed by atoms with Crippen molar-refractivity contribution in [3.8, 4) is 0 Å². The average Bonchev–Trinajstić information content (AvgIpc) is 2.81. The van der Waals surface area contributed by atoms with E-state index in [2.05, 4.69) is 18.0 Å². The molecule has 0 spiro atoms. The first-order valence-electron chi connectivity index (χ1n) is 5.93. The van der Waals surface area contributed by atoms with Crippen LogP contribution in [0.3, 0.4) is 0 Å². The minimum absolute atomic E-state index is 0.506. The smallest absolute Gasteiger partial charge is 0.0471 e. The highest BCUT2D eigenvalue weighted by Crippen LogP contribution is 2.29. The van der Waals surface area contributed by atoms with E-state index in [-0.39, 0.29) is 0 Å². The topological polar surface area (TPSA) is 29.3 Å². The van der Waals surface area contributed by atoms with Gasteiger partial charge in [-0.1, -0.05) is 30.5 Å². The molecule has 2 N–H and O–H groups in total. The highest BCUT2D eigenvalue weighted by atomic mass is 35.5. The van der Waals surface area contributed by atoms with E-state index < -0.39 is 0 Å². The van der Waals surface area contributed by atoms with Gasteiger partial charge >= 0.3 is 0 Å². The van der Waals surface area contributed by atoms with Gasteiger partial charge in [0.05, 0.1) is 0 Å². The van der Waals surface area contributed by atoms with Crippen LogP contribution in [0.1, 0.15) is 31.2 Å². The summed E-state index contributed by atoms with van der Waals surface area (Å²) in [5.74, 6) is 0. The van der Waals surface area contributed by atoms with Crippen molar-refractivity contribution in [3.63, 3.8) is 0 Å². The van der Waals surface area contributed by atoms with Gasteiger partial charge in [0.1, 0.15) is 0 Å². The van der Waals surface area contributed by atoms with Gasteiger partial charge in [0.25, 0.3) is 0 Å². The number of hydrogen-bond acceptors (Lipinski definition) is 2. The summed E-state index contributed by atoms with van der Waals surface area (Å²) in [4.78, 5) is 2.35. The van der Waals surface area contributed by atoms with E-state index >= 15 is 0 Å². The molecule has 0 aromatic heterocycles. The normalized spacial score (nSPS) is 16.7. The van der Waals surface area contributed by atoms with Crippen molar-refractivity contribution in [1.29, 1.82) is 0 Å². The standard InChI is InChI=1S/C13H19ClN2/c1-16(11-4-2-3-5-11)12-7-6-10(9-15)13(14)8-12/h6-8,11H,2-5,9,15H2,1H3. The number of nitrogens with zero attached hydrogens (tertiary/aromatic N) is 1. The van der Waals surface area contributed by atoms with Crippen molar-refractivity contribution < 1.29 is 0 Å². The molecule has 0 atom stereocenters. The third-order valence-corrected chi connectivity index (χ3v) is 3.89. The van der Waals surface area contributed by atoms with Crippen molar-refractivity contribution in [2.24, 2.45) is 5.73 Å². The van der Waals surface area contributed by atoms with Crippen LogP contribution in [0.4, 0.5) is 5.69 Å². The van der Waals surface area contributed by atoms with Crippen LogP contribution < -0.4 is 10.6 Å². The van der Waals surface area contributed by atoms with Gasteiger partial charge in [0.2, 0.25) is 0 Å². The van der Waals surface area contributed by atoms with E-state index in [1.165, 1.54) is 31.4 Å². The van der Waals surface area contributed by atoms with Gasteiger partial charge in [-0.15, -0.1) is 0 Å². The molecule has 0 radical (unpaired) electrons. The van der Waals surface area contributed by atoms with Crippen molar-refractivity contribution in [2.75, 3.05) is 11.9 Å². The summed E-state index contributed by atoms with van der Waals surface area (Å²) in [6.45, 7) is 0.506. The van der Waals surface area contributed by atoms with Crippen LogP contribution in [0.25, 0.3) is 0 Å². The Balaban J connectivity index is 2.16. The van der Waals surface area contributed by atoms with Gasteiger partial charge in [0, 0.05) is 30.3 Å². The largest absolute Gasteiger partial charge is 0.372 e. The van der Waals surface area contributed by atoms with Crippen LogP contribution in [0, 0.1) is 0 Å². The average molecular weight is 239 g/mol. The van der Waals surface area contributed by atoms with E-state index in [1.54, 1.807) is 0 Å². The second-order valence-corrected chi connectivity index (χ2v) is 4.94. The zero-order valence-corrected chi connectivity index (χ0v) is 10.5. The number of benzene rings is 1. The highest BCUT2D eigenvalue weighted by Gasteiger charge is 2.20. The fourth-order valence-electron chi connectivity index (χ4n) is 2.42. The third-order valence-electron chi connectivity index (χ3n) is 3.54. The first-order valence-corrected chi connectivity index (χ1v) is 6.31. The molecule has 0 aliphatic heterocycles. The van der Waals surface area contributed by atoms with E-state index in [4.69, 9.17) is 17.3 Å². The first kappa shape index (κ1) is 11.7. The Bertz CT molecular complexity index is 359. The Morgan fingerprint density at radius 2 is 2.06 bits per heavy atom. The lowest BCUT2D eigenvalue weighted by molar-refractivity contribution is 0.653. The van der Waals surface area contributed by atoms with Crippen LogP contribution in [-0.4, -0.2) is 13.1 Å². The van der Waals surface area contributed by atoms with Gasteiger partial charge in [-0.05, 0) is 30.5 Å². The van der Waals surface area contributed by atoms with Gasteiger partial charge in [-0.2, -0.15) is 0 Å². The second-order valence-electron chi connectivity index (χ2n) is 4.53. The fourth-order valence-corrected chi connectivity index (χ4v) is 2.68. The van der Waals surface area contributed by atoms with Crippen LogP contribution in [-0.2, 0) is 6.54 Å². The third kappa shape index (κ3) is 2.33. The fraction of sp³-hybridized carbons (Fsp3) is 0.538. The van der Waals surface area contributed by atoms with Crippen molar-refractivity contribution in [2.45, 2.75) is 38.3 Å². The summed E-state index contributed by atoms with van der Waals surface area (Å²) in [6, 6.07) is 6.86. The summed E-state index contributed by atoms with van der Waals surface area (Å²) in [6.07, 6.45) is 5.30. The molecule has 1 fully saturated rings. The second kappa shape index (κ2) is 5.07. The summed E-state index contributed by atoms with van der Waals surface area (Å²) in [5.41, 5.74) is 7.82. The minimum atomic E-state index is 0.506. The SMILES string of the molecule is CN(c1ccc(CN)c(Cl)c1)C1CCCC1. The van der Waals surface area contributed by atoms with E-state index in [1.807, 2.05) is 12.1 Å². The number of hydrogen-bond donors (Lipinski definition) is 1. The summed E-state index contributed by atoms with van der Waals surface area (Å²) in [5, 5.41) is 0.782. The predicted octanol–water partition coefficient (Wildman–Crippen LogP) is 3.18. The Morgan fingerprint density at radius 3 is 2.62 bits per heavy atom. The zero-order chi connectivity index (χ0) is 11.5. The Hall–Kier alpha value is -0.730. The molecule has 2 nitrogen and oxygen atoms in total. The van der Waals surface area contributed by atoms with Crippen molar-refractivity contribution in [3.05, 3.63) is 28.8 Å². The monoisotopic (exact) mass is 238 g/mol. The lowest BCUT2D eigenvalue weighted by Crippen LogP contribution is -2.28. The van der Waals surface area contributed by atoms with Crippen LogP contribution in [0.2, 0.25) is 5.02 Å². The molecule has 0 heterocycles. The predicted molar refractivity (Wildman–Crippen MR) is 70.0 cm³/mol. The molecule has 0 unspecified atom stereocenters. The quantitative estimate of drug-likeness (QED) is 0.877. The molecular weight excluding hydrogens is 220 g/mol. The number of rotatable bonds is 3. The molecular formula is C13H19ClN2. The van der Waals surface area contributed by atoms with Gasteiger partial charge in [-0.25, -0.2) is 0 Å². The number of nitrogens with two attached hydrogens (primary N) is 1. The summed E-state index contributed by atoms with van der Waals surface area (Å²) < 4.78 is 0. The maximum Gasteiger partial charge on any atom is 0.0471 e. The van der Waals surface area contributed by atoms with E-state index in [0.717, 1.165) is 10.6 Å². The number of halogens is 1. The molecule has 1 aliphatic carbocycles. The maximum absolute atomic E-state index is 6.17. The minimum Gasteiger partial charge on any atom is -0.372 e. The van der Waals surface area contributed by atoms with Crippen LogP contribution in [0.15, 0.2) is 18.2 Å². The molecule has 16 heavy (non-hydrogen) atoms. The molecule has 0 bridgehead atoms. The maximum atomic E-state index is 6.17. The number of anilines is 1. The lowest BCUT2D eigenvalue weighted by Gasteiger charge is -2.27. The highest BCUT2D eigenvalue weighted by molar-refractivity contribution is 6.31. The molecule has 88 valence electrons. The van der Waals surface area contributed by atoms with Gasteiger partial charge in [0.15, 0.2) is 0 Å². The summed E-state index contributed by atoms with van der Waals surface area (Å²) in [7, 11) is 2.16. The molecule has 1 aromatic carbocycles. The van der Waals surface area contributed by atoms with Gasteiger partial charge < -0.3 is 10.6 Å². The molecule has 1 aromatic rings. The molecule has 2 rings (SSSR count). The Morgan fingerprint density at radius 1 is 1.38 bits per heavy atom. The molecule has 0 saturated heterocycles.